The number of nitrogens with one attached hydrogen (secondary N) is 1. The van der Waals surface area contributed by atoms with Crippen LogP contribution in [0.25, 0.3) is 11.2 Å². The number of anilines is 1. The second-order valence-electron chi connectivity index (χ2n) is 4.99. The molecule has 3 aromatic rings. The van der Waals surface area contributed by atoms with Crippen LogP contribution < -0.4 is 5.32 Å². The standard InChI is InChI=1S/C15H17N5O2S/c1-3-10-8-23-12(18-10)7-17-15-19-11-5-9(14(21)22)6-16-13(11)20(15)4-2/h5-6,8H,3-4,7H2,1-2H3,(H,17,19)(H,21,22). The van der Waals surface area contributed by atoms with Crippen LogP contribution in [0.4, 0.5) is 5.95 Å². The maximum atomic E-state index is 11.1. The summed E-state index contributed by atoms with van der Waals surface area (Å²) in [7, 11) is 0. The molecule has 23 heavy (non-hydrogen) atoms. The van der Waals surface area contributed by atoms with Crippen LogP contribution >= 0.6 is 11.3 Å². The van der Waals surface area contributed by atoms with Gasteiger partial charge in [0.15, 0.2) is 5.65 Å². The molecule has 0 bridgehead atoms. The lowest BCUT2D eigenvalue weighted by molar-refractivity contribution is 0.0696. The van der Waals surface area contributed by atoms with Crippen molar-refractivity contribution in [2.45, 2.75) is 33.4 Å². The summed E-state index contributed by atoms with van der Waals surface area (Å²) in [6.45, 7) is 5.35. The lowest BCUT2D eigenvalue weighted by Crippen LogP contribution is -2.07. The van der Waals surface area contributed by atoms with Gasteiger partial charge in [0.2, 0.25) is 5.95 Å². The van der Waals surface area contributed by atoms with Gasteiger partial charge in [-0.2, -0.15) is 0 Å². The normalized spacial score (nSPS) is 11.0. The maximum Gasteiger partial charge on any atom is 0.337 e. The minimum atomic E-state index is -1.00. The molecule has 0 radical (unpaired) electrons. The first-order valence-electron chi connectivity index (χ1n) is 7.39. The second-order valence-corrected chi connectivity index (χ2v) is 5.93. The molecule has 0 amide bonds. The summed E-state index contributed by atoms with van der Waals surface area (Å²) in [5.41, 5.74) is 2.47. The fourth-order valence-electron chi connectivity index (χ4n) is 2.31. The number of carbonyl (C=O) groups is 1. The molecule has 8 heteroatoms. The van der Waals surface area contributed by atoms with E-state index >= 15 is 0 Å². The first-order chi connectivity index (χ1) is 11.1. The van der Waals surface area contributed by atoms with Crippen molar-refractivity contribution in [1.29, 1.82) is 0 Å². The highest BCUT2D eigenvalue weighted by Gasteiger charge is 2.13. The van der Waals surface area contributed by atoms with Crippen molar-refractivity contribution in [1.82, 2.24) is 19.5 Å². The third kappa shape index (κ3) is 3.02. The molecule has 0 aliphatic heterocycles. The number of imidazole rings is 1. The predicted molar refractivity (Wildman–Crippen MR) is 89.0 cm³/mol. The number of thiazole rings is 1. The minimum Gasteiger partial charge on any atom is -0.478 e. The lowest BCUT2D eigenvalue weighted by Gasteiger charge is -2.06. The summed E-state index contributed by atoms with van der Waals surface area (Å²) >= 11 is 1.62. The molecule has 0 aromatic carbocycles. The number of fused-ring (bicyclic) bond motifs is 1. The molecule has 0 aliphatic rings. The largest absolute Gasteiger partial charge is 0.478 e. The molecule has 3 rings (SSSR count). The number of aryl methyl sites for hydroxylation is 2. The zero-order valence-electron chi connectivity index (χ0n) is 12.9. The summed E-state index contributed by atoms with van der Waals surface area (Å²) in [4.78, 5) is 24.3. The zero-order valence-corrected chi connectivity index (χ0v) is 13.7. The van der Waals surface area contributed by atoms with E-state index in [2.05, 4.69) is 32.6 Å². The van der Waals surface area contributed by atoms with Gasteiger partial charge in [-0.15, -0.1) is 11.3 Å². The summed E-state index contributed by atoms with van der Waals surface area (Å²) in [6, 6.07) is 1.54. The van der Waals surface area contributed by atoms with Gasteiger partial charge in [0.25, 0.3) is 0 Å². The summed E-state index contributed by atoms with van der Waals surface area (Å²) in [5, 5.41) is 15.4. The SMILES string of the molecule is CCc1csc(CNc2nc3cc(C(=O)O)cnc3n2CC)n1. The van der Waals surface area contributed by atoms with Crippen LogP contribution in [0, 0.1) is 0 Å². The van der Waals surface area contributed by atoms with Gasteiger partial charge < -0.3 is 10.4 Å². The van der Waals surface area contributed by atoms with Crippen LogP contribution in [-0.4, -0.2) is 30.6 Å². The van der Waals surface area contributed by atoms with Crippen LogP contribution in [0.1, 0.15) is 34.9 Å². The maximum absolute atomic E-state index is 11.1. The van der Waals surface area contributed by atoms with Crippen LogP contribution in [0.2, 0.25) is 0 Å². The highest BCUT2D eigenvalue weighted by atomic mass is 32.1. The van der Waals surface area contributed by atoms with Gasteiger partial charge in [0.05, 0.1) is 17.8 Å². The Kier molecular flexibility index (Phi) is 4.24. The molecular weight excluding hydrogens is 314 g/mol. The van der Waals surface area contributed by atoms with E-state index in [0.29, 0.717) is 30.2 Å². The summed E-state index contributed by atoms with van der Waals surface area (Å²) < 4.78 is 1.93. The van der Waals surface area contributed by atoms with E-state index in [4.69, 9.17) is 5.11 Å². The molecule has 0 aliphatic carbocycles. The third-order valence-corrected chi connectivity index (χ3v) is 4.41. The number of aromatic nitrogens is 4. The highest BCUT2D eigenvalue weighted by Crippen LogP contribution is 2.20. The number of hydrogen-bond acceptors (Lipinski definition) is 6. The Balaban J connectivity index is 1.88. The van der Waals surface area contributed by atoms with Crippen molar-refractivity contribution < 1.29 is 9.90 Å². The number of nitrogens with zero attached hydrogens (tertiary/aromatic N) is 4. The molecule has 120 valence electrons. The van der Waals surface area contributed by atoms with E-state index in [1.807, 2.05) is 11.5 Å². The Morgan fingerprint density at radius 3 is 2.87 bits per heavy atom. The Morgan fingerprint density at radius 1 is 1.39 bits per heavy atom. The van der Waals surface area contributed by atoms with Gasteiger partial charge in [-0.05, 0) is 19.4 Å². The highest BCUT2D eigenvalue weighted by molar-refractivity contribution is 7.09. The number of rotatable bonds is 6. The van der Waals surface area contributed by atoms with Gasteiger partial charge in [-0.25, -0.2) is 19.7 Å². The Labute approximate surface area is 137 Å². The van der Waals surface area contributed by atoms with Crippen molar-refractivity contribution in [3.63, 3.8) is 0 Å². The quantitative estimate of drug-likeness (QED) is 0.721. The number of aromatic carboxylic acids is 1. The lowest BCUT2D eigenvalue weighted by atomic mass is 10.3. The third-order valence-electron chi connectivity index (χ3n) is 3.51. The predicted octanol–water partition coefficient (Wildman–Crippen LogP) is 2.78. The van der Waals surface area contributed by atoms with Crippen LogP contribution in [0.5, 0.6) is 0 Å². The Bertz CT molecular complexity index is 855. The second kappa shape index (κ2) is 6.33. The van der Waals surface area contributed by atoms with Gasteiger partial charge in [0, 0.05) is 18.1 Å². The molecule has 7 nitrogen and oxygen atoms in total. The summed E-state index contributed by atoms with van der Waals surface area (Å²) in [5.74, 6) is -0.333. The molecule has 0 spiro atoms. The van der Waals surface area contributed by atoms with E-state index in [1.165, 1.54) is 6.20 Å². The van der Waals surface area contributed by atoms with E-state index in [9.17, 15) is 4.79 Å². The molecular formula is C15H17N5O2S. The van der Waals surface area contributed by atoms with Crippen molar-refractivity contribution in [3.8, 4) is 0 Å². The molecule has 2 N–H and O–H groups in total. The number of carboxylic acids is 1. The number of hydrogen-bond donors (Lipinski definition) is 2. The van der Waals surface area contributed by atoms with Crippen LogP contribution in [0.3, 0.4) is 0 Å². The van der Waals surface area contributed by atoms with Crippen molar-refractivity contribution in [2.75, 3.05) is 5.32 Å². The molecule has 0 fully saturated rings. The van der Waals surface area contributed by atoms with E-state index in [0.717, 1.165) is 17.1 Å². The van der Waals surface area contributed by atoms with E-state index in [-0.39, 0.29) is 5.56 Å². The summed E-state index contributed by atoms with van der Waals surface area (Å²) in [6.07, 6.45) is 2.28. The topological polar surface area (TPSA) is 92.9 Å². The monoisotopic (exact) mass is 331 g/mol. The molecule has 3 aromatic heterocycles. The van der Waals surface area contributed by atoms with Crippen molar-refractivity contribution in [3.05, 3.63) is 33.9 Å². The van der Waals surface area contributed by atoms with Crippen molar-refractivity contribution >= 4 is 34.4 Å². The van der Waals surface area contributed by atoms with Crippen molar-refractivity contribution in [2.24, 2.45) is 0 Å². The van der Waals surface area contributed by atoms with Crippen LogP contribution in [-0.2, 0) is 19.5 Å². The average Bonchev–Trinajstić information content (AvgIpc) is 3.15. The van der Waals surface area contributed by atoms with Gasteiger partial charge in [-0.3, -0.25) is 4.57 Å². The molecule has 0 saturated heterocycles. The zero-order chi connectivity index (χ0) is 16.4. The fraction of sp³-hybridized carbons (Fsp3) is 0.333. The van der Waals surface area contributed by atoms with Gasteiger partial charge in [0.1, 0.15) is 10.5 Å². The van der Waals surface area contributed by atoms with Gasteiger partial charge >= 0.3 is 5.97 Å². The smallest absolute Gasteiger partial charge is 0.337 e. The molecule has 0 saturated carbocycles. The first-order valence-corrected chi connectivity index (χ1v) is 8.27. The Morgan fingerprint density at radius 2 is 2.22 bits per heavy atom. The van der Waals surface area contributed by atoms with E-state index < -0.39 is 5.97 Å². The van der Waals surface area contributed by atoms with E-state index in [1.54, 1.807) is 17.4 Å². The molecule has 0 atom stereocenters. The fourth-order valence-corrected chi connectivity index (χ4v) is 3.13. The van der Waals surface area contributed by atoms with Gasteiger partial charge in [-0.1, -0.05) is 6.92 Å². The number of carboxylic acid groups (broad SMARTS) is 1. The van der Waals surface area contributed by atoms with Crippen LogP contribution in [0.15, 0.2) is 17.6 Å². The average molecular weight is 331 g/mol. The molecule has 0 unspecified atom stereocenters. The first kappa shape index (κ1) is 15.4. The molecule has 3 heterocycles. The minimum absolute atomic E-state index is 0.136. The Hall–Kier alpha value is -2.48. The number of pyridine rings is 1.